The summed E-state index contributed by atoms with van der Waals surface area (Å²) in [7, 11) is -3.72. The van der Waals surface area contributed by atoms with Gasteiger partial charge in [-0.2, -0.15) is 11.8 Å². The van der Waals surface area contributed by atoms with E-state index in [4.69, 9.17) is 11.6 Å². The average Bonchev–Trinajstić information content (AvgIpc) is 2.92. The van der Waals surface area contributed by atoms with Crippen molar-refractivity contribution in [1.82, 2.24) is 10.0 Å². The molecule has 1 aliphatic heterocycles. The van der Waals surface area contributed by atoms with Crippen LogP contribution < -0.4 is 10.0 Å². The predicted molar refractivity (Wildman–Crippen MR) is 84.8 cm³/mol. The molecule has 1 saturated heterocycles. The van der Waals surface area contributed by atoms with Gasteiger partial charge in [-0.1, -0.05) is 18.5 Å². The highest BCUT2D eigenvalue weighted by Crippen LogP contribution is 2.25. The van der Waals surface area contributed by atoms with E-state index in [9.17, 15) is 12.8 Å². The van der Waals surface area contributed by atoms with Crippen molar-refractivity contribution in [1.29, 1.82) is 0 Å². The van der Waals surface area contributed by atoms with Gasteiger partial charge >= 0.3 is 0 Å². The van der Waals surface area contributed by atoms with Gasteiger partial charge in [0.25, 0.3) is 0 Å². The van der Waals surface area contributed by atoms with Crippen molar-refractivity contribution in [3.63, 3.8) is 0 Å². The molecule has 0 aliphatic carbocycles. The van der Waals surface area contributed by atoms with Crippen LogP contribution in [0.1, 0.15) is 18.9 Å². The number of rotatable bonds is 6. The molecule has 0 amide bonds. The van der Waals surface area contributed by atoms with Crippen LogP contribution in [0.3, 0.4) is 0 Å². The van der Waals surface area contributed by atoms with Gasteiger partial charge in [0.05, 0.1) is 9.92 Å². The number of benzene rings is 1. The Kier molecular flexibility index (Phi) is 5.90. The predicted octanol–water partition coefficient (Wildman–Crippen LogP) is 2.37. The van der Waals surface area contributed by atoms with E-state index in [1.54, 1.807) is 11.8 Å². The van der Waals surface area contributed by atoms with Gasteiger partial charge in [-0.05, 0) is 36.4 Å². The average molecular weight is 353 g/mol. The van der Waals surface area contributed by atoms with E-state index in [0.717, 1.165) is 24.0 Å². The second-order valence-corrected chi connectivity index (χ2v) is 8.08. The molecule has 0 spiro atoms. The highest BCUT2D eigenvalue weighted by atomic mass is 35.5. The van der Waals surface area contributed by atoms with E-state index in [2.05, 4.69) is 10.0 Å². The summed E-state index contributed by atoms with van der Waals surface area (Å²) in [6.45, 7) is 2.92. The van der Waals surface area contributed by atoms with Crippen LogP contribution in [0.5, 0.6) is 0 Å². The molecular formula is C13H18ClFN2O2S2. The van der Waals surface area contributed by atoms with Gasteiger partial charge < -0.3 is 5.32 Å². The van der Waals surface area contributed by atoms with E-state index < -0.39 is 15.8 Å². The fourth-order valence-corrected chi connectivity index (χ4v) is 4.84. The second kappa shape index (κ2) is 7.28. The van der Waals surface area contributed by atoms with Crippen molar-refractivity contribution < 1.29 is 12.8 Å². The van der Waals surface area contributed by atoms with Crippen LogP contribution in [0, 0.1) is 5.82 Å². The van der Waals surface area contributed by atoms with Crippen molar-refractivity contribution in [2.75, 3.05) is 18.1 Å². The van der Waals surface area contributed by atoms with Crippen molar-refractivity contribution >= 4 is 33.4 Å². The first-order valence-electron chi connectivity index (χ1n) is 6.72. The first-order valence-corrected chi connectivity index (χ1v) is 9.74. The number of hydrogen-bond donors (Lipinski definition) is 2. The fraction of sp³-hybridized carbons (Fsp3) is 0.538. The lowest BCUT2D eigenvalue weighted by Gasteiger charge is -2.14. The van der Waals surface area contributed by atoms with Crippen molar-refractivity contribution in [3.05, 3.63) is 28.5 Å². The van der Waals surface area contributed by atoms with E-state index in [0.29, 0.717) is 18.7 Å². The zero-order chi connectivity index (χ0) is 15.5. The molecule has 4 nitrogen and oxygen atoms in total. The summed E-state index contributed by atoms with van der Waals surface area (Å²) in [6, 6.07) is 2.32. The summed E-state index contributed by atoms with van der Waals surface area (Å²) >= 11 is 7.59. The molecule has 1 unspecified atom stereocenters. The Labute approximate surface area is 133 Å². The van der Waals surface area contributed by atoms with Crippen molar-refractivity contribution in [3.8, 4) is 0 Å². The van der Waals surface area contributed by atoms with E-state index in [1.165, 1.54) is 6.07 Å². The first kappa shape index (κ1) is 17.0. The molecule has 8 heteroatoms. The number of sulfonamides is 1. The molecule has 0 aromatic heterocycles. The lowest BCUT2D eigenvalue weighted by atomic mass is 10.2. The summed E-state index contributed by atoms with van der Waals surface area (Å²) in [5.41, 5.74) is 0.444. The van der Waals surface area contributed by atoms with Crippen LogP contribution in [-0.2, 0) is 16.6 Å². The van der Waals surface area contributed by atoms with Gasteiger partial charge in [0.2, 0.25) is 10.0 Å². The number of thioether (sulfide) groups is 1. The minimum absolute atomic E-state index is 0.0358. The molecule has 0 bridgehead atoms. The van der Waals surface area contributed by atoms with Crippen molar-refractivity contribution in [2.45, 2.75) is 30.8 Å². The van der Waals surface area contributed by atoms with Crippen LogP contribution in [-0.4, -0.2) is 32.5 Å². The molecule has 2 rings (SSSR count). The van der Waals surface area contributed by atoms with Gasteiger partial charge in [0.1, 0.15) is 5.82 Å². The van der Waals surface area contributed by atoms with Crippen LogP contribution in [0.4, 0.5) is 4.39 Å². The smallest absolute Gasteiger partial charge is 0.240 e. The lowest BCUT2D eigenvalue weighted by molar-refractivity contribution is 0.559. The van der Waals surface area contributed by atoms with Crippen molar-refractivity contribution in [2.24, 2.45) is 0 Å². The Bertz CT molecular complexity index is 604. The van der Waals surface area contributed by atoms with E-state index in [1.807, 2.05) is 6.92 Å². The van der Waals surface area contributed by atoms with E-state index in [-0.39, 0.29) is 16.0 Å². The van der Waals surface area contributed by atoms with Gasteiger partial charge in [0, 0.05) is 18.3 Å². The minimum Gasteiger partial charge on any atom is -0.313 e. The molecule has 0 radical (unpaired) electrons. The number of nitrogens with one attached hydrogen (secondary N) is 2. The second-order valence-electron chi connectivity index (χ2n) is 4.84. The third kappa shape index (κ3) is 4.32. The Morgan fingerprint density at radius 2 is 2.24 bits per heavy atom. The monoisotopic (exact) mass is 352 g/mol. The molecule has 118 valence electrons. The summed E-state index contributed by atoms with van der Waals surface area (Å²) in [6.07, 6.45) is 0.796. The van der Waals surface area contributed by atoms with Gasteiger partial charge in [-0.15, -0.1) is 0 Å². The normalized spacial score (nSPS) is 19.1. The molecule has 21 heavy (non-hydrogen) atoms. The summed E-state index contributed by atoms with van der Waals surface area (Å²) in [5, 5.41) is 2.98. The maximum Gasteiger partial charge on any atom is 0.240 e. The SMILES string of the molecule is CCNCc1cc(S(=O)(=O)NC2CCSC2)cc(F)c1Cl. The third-order valence-electron chi connectivity index (χ3n) is 3.20. The van der Waals surface area contributed by atoms with Crippen LogP contribution >= 0.6 is 23.4 Å². The van der Waals surface area contributed by atoms with Crippen LogP contribution in [0.15, 0.2) is 17.0 Å². The Morgan fingerprint density at radius 3 is 2.86 bits per heavy atom. The standard InChI is InChI=1S/C13H18ClFN2O2S2/c1-2-16-7-9-5-11(6-12(15)13(9)14)21(18,19)17-10-3-4-20-8-10/h5-6,10,16-17H,2-4,7-8H2,1H3. The molecule has 2 N–H and O–H groups in total. The number of hydrogen-bond acceptors (Lipinski definition) is 4. The maximum atomic E-state index is 13.9. The van der Waals surface area contributed by atoms with E-state index >= 15 is 0 Å². The molecule has 1 atom stereocenters. The Morgan fingerprint density at radius 1 is 1.48 bits per heavy atom. The maximum absolute atomic E-state index is 13.9. The molecule has 0 saturated carbocycles. The fourth-order valence-electron chi connectivity index (χ4n) is 2.08. The first-order chi connectivity index (χ1) is 9.94. The summed E-state index contributed by atoms with van der Waals surface area (Å²) in [4.78, 5) is -0.0748. The van der Waals surface area contributed by atoms with Gasteiger partial charge in [-0.25, -0.2) is 17.5 Å². The molecule has 1 heterocycles. The summed E-state index contributed by atoms with van der Waals surface area (Å²) in [5.74, 6) is 0.973. The van der Waals surface area contributed by atoms with Crippen LogP contribution in [0.2, 0.25) is 5.02 Å². The van der Waals surface area contributed by atoms with Gasteiger partial charge in [0.15, 0.2) is 0 Å². The topological polar surface area (TPSA) is 58.2 Å². The molecule has 1 aromatic rings. The highest BCUT2D eigenvalue weighted by molar-refractivity contribution is 7.99. The molecule has 1 aromatic carbocycles. The summed E-state index contributed by atoms with van der Waals surface area (Å²) < 4.78 is 41.1. The Balaban J connectivity index is 2.27. The molecule has 1 aliphatic rings. The largest absolute Gasteiger partial charge is 0.313 e. The minimum atomic E-state index is -3.72. The quantitative estimate of drug-likeness (QED) is 0.825. The zero-order valence-electron chi connectivity index (χ0n) is 11.7. The molecule has 1 fully saturated rings. The van der Waals surface area contributed by atoms with Gasteiger partial charge in [-0.3, -0.25) is 0 Å². The molecular weight excluding hydrogens is 335 g/mol. The number of halogens is 2. The highest BCUT2D eigenvalue weighted by Gasteiger charge is 2.24. The lowest BCUT2D eigenvalue weighted by Crippen LogP contribution is -2.34. The zero-order valence-corrected chi connectivity index (χ0v) is 14.0. The third-order valence-corrected chi connectivity index (χ3v) is 6.29. The van der Waals surface area contributed by atoms with Crippen LogP contribution in [0.25, 0.3) is 0 Å². The Hall–Kier alpha value is -0.340.